The normalized spacial score (nSPS) is 9.70. The summed E-state index contributed by atoms with van der Waals surface area (Å²) in [6.07, 6.45) is 0.541. The van der Waals surface area contributed by atoms with Crippen LogP contribution in [-0.4, -0.2) is 43.6 Å². The second-order valence-corrected chi connectivity index (χ2v) is 3.68. The molecule has 0 fully saturated rings. The Kier molecular flexibility index (Phi) is 6.18. The summed E-state index contributed by atoms with van der Waals surface area (Å²) in [4.78, 5) is 40.5. The standard InChI is InChI=1S/C13H17N3O4/c1-3-15(20-2)13(19)16(12(18)14-9-10-17)11-7-5-4-6-8-11/h4-8,10H,3,9H2,1-2H3,(H,14,18). The van der Waals surface area contributed by atoms with Crippen LogP contribution < -0.4 is 10.2 Å². The maximum Gasteiger partial charge on any atom is 0.356 e. The maximum absolute atomic E-state index is 12.3. The Balaban J connectivity index is 3.04. The van der Waals surface area contributed by atoms with Crippen molar-refractivity contribution in [3.05, 3.63) is 30.3 Å². The van der Waals surface area contributed by atoms with E-state index in [-0.39, 0.29) is 13.1 Å². The molecule has 4 amide bonds. The van der Waals surface area contributed by atoms with Crippen molar-refractivity contribution >= 4 is 24.0 Å². The van der Waals surface area contributed by atoms with E-state index in [1.807, 2.05) is 0 Å². The van der Waals surface area contributed by atoms with Gasteiger partial charge in [-0.2, -0.15) is 0 Å². The minimum atomic E-state index is -0.691. The van der Waals surface area contributed by atoms with Crippen molar-refractivity contribution < 1.29 is 19.2 Å². The van der Waals surface area contributed by atoms with Crippen molar-refractivity contribution in [2.45, 2.75) is 6.92 Å². The second-order valence-electron chi connectivity index (χ2n) is 3.68. The summed E-state index contributed by atoms with van der Waals surface area (Å²) in [5.74, 6) is 0. The summed E-state index contributed by atoms with van der Waals surface area (Å²) in [7, 11) is 1.34. The topological polar surface area (TPSA) is 79.0 Å². The molecule has 0 unspecified atom stereocenters. The molecule has 0 heterocycles. The zero-order valence-electron chi connectivity index (χ0n) is 11.4. The van der Waals surface area contributed by atoms with Crippen LogP contribution >= 0.6 is 0 Å². The molecule has 0 bridgehead atoms. The molecule has 1 aromatic rings. The second kappa shape index (κ2) is 7.90. The van der Waals surface area contributed by atoms with E-state index >= 15 is 0 Å². The van der Waals surface area contributed by atoms with E-state index in [4.69, 9.17) is 4.84 Å². The number of anilines is 1. The smallest absolute Gasteiger partial charge is 0.330 e. The van der Waals surface area contributed by atoms with Crippen LogP contribution in [0.2, 0.25) is 0 Å². The Morgan fingerprint density at radius 2 is 1.95 bits per heavy atom. The first-order valence-corrected chi connectivity index (χ1v) is 6.08. The molecular weight excluding hydrogens is 262 g/mol. The van der Waals surface area contributed by atoms with Crippen LogP contribution in [0.25, 0.3) is 0 Å². The molecule has 1 rings (SSSR count). The summed E-state index contributed by atoms with van der Waals surface area (Å²) >= 11 is 0. The van der Waals surface area contributed by atoms with Crippen molar-refractivity contribution in [3.63, 3.8) is 0 Å². The molecule has 0 aliphatic heterocycles. The van der Waals surface area contributed by atoms with Crippen molar-refractivity contribution in [1.29, 1.82) is 0 Å². The van der Waals surface area contributed by atoms with Gasteiger partial charge in [0.15, 0.2) is 0 Å². The quantitative estimate of drug-likeness (QED) is 0.653. The van der Waals surface area contributed by atoms with Crippen molar-refractivity contribution in [2.75, 3.05) is 25.1 Å². The number of benzene rings is 1. The van der Waals surface area contributed by atoms with Crippen LogP contribution in [0.1, 0.15) is 6.92 Å². The lowest BCUT2D eigenvalue weighted by atomic mass is 10.3. The fourth-order valence-electron chi connectivity index (χ4n) is 1.55. The third-order valence-corrected chi connectivity index (χ3v) is 2.47. The van der Waals surface area contributed by atoms with Crippen LogP contribution in [0.4, 0.5) is 15.3 Å². The summed E-state index contributed by atoms with van der Waals surface area (Å²) in [6.45, 7) is 1.82. The summed E-state index contributed by atoms with van der Waals surface area (Å²) in [5, 5.41) is 3.37. The lowest BCUT2D eigenvalue weighted by molar-refractivity contribution is -0.107. The van der Waals surface area contributed by atoms with E-state index in [9.17, 15) is 14.4 Å². The molecule has 1 aromatic carbocycles. The predicted octanol–water partition coefficient (Wildman–Crippen LogP) is 1.40. The monoisotopic (exact) mass is 279 g/mol. The molecule has 1 N–H and O–H groups in total. The number of urea groups is 2. The number of hydroxylamine groups is 2. The number of imide groups is 1. The molecule has 0 atom stereocenters. The number of carbonyl (C=O) groups excluding carboxylic acids is 3. The predicted molar refractivity (Wildman–Crippen MR) is 73.2 cm³/mol. The number of aldehydes is 1. The van der Waals surface area contributed by atoms with E-state index in [0.29, 0.717) is 12.0 Å². The lowest BCUT2D eigenvalue weighted by Crippen LogP contribution is -2.50. The van der Waals surface area contributed by atoms with E-state index in [0.717, 1.165) is 9.96 Å². The number of nitrogens with one attached hydrogen (secondary N) is 1. The van der Waals surface area contributed by atoms with Gasteiger partial charge in [0, 0.05) is 6.54 Å². The van der Waals surface area contributed by atoms with Gasteiger partial charge in [0.1, 0.15) is 6.29 Å². The van der Waals surface area contributed by atoms with Gasteiger partial charge in [-0.05, 0) is 19.1 Å². The van der Waals surface area contributed by atoms with Gasteiger partial charge < -0.3 is 10.1 Å². The fourth-order valence-corrected chi connectivity index (χ4v) is 1.55. The van der Waals surface area contributed by atoms with Gasteiger partial charge in [0.05, 0.1) is 19.3 Å². The van der Waals surface area contributed by atoms with Gasteiger partial charge in [0.25, 0.3) is 0 Å². The van der Waals surface area contributed by atoms with Gasteiger partial charge in [0.2, 0.25) is 0 Å². The number of rotatable bonds is 5. The first-order chi connectivity index (χ1) is 9.65. The van der Waals surface area contributed by atoms with E-state index < -0.39 is 12.1 Å². The summed E-state index contributed by atoms with van der Waals surface area (Å²) in [6, 6.07) is 7.07. The van der Waals surface area contributed by atoms with Crippen LogP contribution in [-0.2, 0) is 9.63 Å². The Morgan fingerprint density at radius 3 is 2.45 bits per heavy atom. The Bertz CT molecular complexity index is 460. The van der Waals surface area contributed by atoms with E-state index in [1.54, 1.807) is 37.3 Å². The highest BCUT2D eigenvalue weighted by atomic mass is 16.7. The van der Waals surface area contributed by atoms with Gasteiger partial charge in [-0.3, -0.25) is 4.84 Å². The SMILES string of the molecule is CCN(OC)C(=O)N(C(=O)NCC=O)c1ccccc1. The number of amides is 4. The Labute approximate surface area is 117 Å². The molecule has 7 nitrogen and oxygen atoms in total. The zero-order chi connectivity index (χ0) is 15.0. The fraction of sp³-hybridized carbons (Fsp3) is 0.308. The first-order valence-electron chi connectivity index (χ1n) is 6.08. The maximum atomic E-state index is 12.3. The lowest BCUT2D eigenvalue weighted by Gasteiger charge is -2.26. The number of para-hydroxylation sites is 1. The van der Waals surface area contributed by atoms with Crippen LogP contribution in [0, 0.1) is 0 Å². The van der Waals surface area contributed by atoms with Crippen LogP contribution in [0.3, 0.4) is 0 Å². The molecular formula is C13H17N3O4. The minimum absolute atomic E-state index is 0.172. The molecule has 7 heteroatoms. The highest BCUT2D eigenvalue weighted by Crippen LogP contribution is 2.15. The molecule has 0 radical (unpaired) electrons. The van der Waals surface area contributed by atoms with E-state index in [2.05, 4.69) is 5.32 Å². The summed E-state index contributed by atoms with van der Waals surface area (Å²) in [5.41, 5.74) is 0.386. The highest BCUT2D eigenvalue weighted by molar-refractivity contribution is 6.13. The largest absolute Gasteiger partial charge is 0.356 e. The molecule has 0 aliphatic carbocycles. The Morgan fingerprint density at radius 1 is 1.30 bits per heavy atom. The molecule has 0 saturated carbocycles. The molecule has 0 aliphatic rings. The summed E-state index contributed by atoms with van der Waals surface area (Å²) < 4.78 is 0. The molecule has 0 aromatic heterocycles. The number of nitrogens with zero attached hydrogens (tertiary/aromatic N) is 2. The third-order valence-electron chi connectivity index (χ3n) is 2.47. The van der Waals surface area contributed by atoms with E-state index in [1.165, 1.54) is 7.11 Å². The van der Waals surface area contributed by atoms with Crippen molar-refractivity contribution in [2.24, 2.45) is 0 Å². The van der Waals surface area contributed by atoms with Crippen LogP contribution in [0.15, 0.2) is 30.3 Å². The van der Waals surface area contributed by atoms with Gasteiger partial charge in [-0.25, -0.2) is 19.6 Å². The third kappa shape index (κ3) is 3.79. The number of carbonyl (C=O) groups is 3. The van der Waals surface area contributed by atoms with Crippen molar-refractivity contribution in [1.82, 2.24) is 10.4 Å². The number of hydrogen-bond donors (Lipinski definition) is 1. The average Bonchev–Trinajstić information content (AvgIpc) is 2.47. The molecule has 0 saturated heterocycles. The first kappa shape index (κ1) is 15.6. The zero-order valence-corrected chi connectivity index (χ0v) is 11.4. The van der Waals surface area contributed by atoms with Crippen LogP contribution in [0.5, 0.6) is 0 Å². The highest BCUT2D eigenvalue weighted by Gasteiger charge is 2.27. The van der Waals surface area contributed by atoms with Gasteiger partial charge >= 0.3 is 12.1 Å². The molecule has 0 spiro atoms. The van der Waals surface area contributed by atoms with Gasteiger partial charge in [-0.1, -0.05) is 18.2 Å². The minimum Gasteiger partial charge on any atom is -0.330 e. The van der Waals surface area contributed by atoms with Crippen molar-refractivity contribution in [3.8, 4) is 0 Å². The molecule has 20 heavy (non-hydrogen) atoms. The average molecular weight is 279 g/mol. The Hall–Kier alpha value is -2.41. The number of hydrogen-bond acceptors (Lipinski definition) is 4. The van der Waals surface area contributed by atoms with Gasteiger partial charge in [-0.15, -0.1) is 0 Å². The molecule has 108 valence electrons.